The van der Waals surface area contributed by atoms with E-state index in [4.69, 9.17) is 5.73 Å². The number of nitrogens with one attached hydrogen (secondary N) is 1. The number of nitrogen functional groups attached to an aromatic ring is 1. The van der Waals surface area contributed by atoms with Crippen LogP contribution in [-0.4, -0.2) is 6.04 Å². The number of anilines is 2. The summed E-state index contributed by atoms with van der Waals surface area (Å²) in [5.74, 6) is 1.92. The highest BCUT2D eigenvalue weighted by molar-refractivity contribution is 5.51. The van der Waals surface area contributed by atoms with Gasteiger partial charge in [-0.2, -0.15) is 0 Å². The lowest BCUT2D eigenvalue weighted by atomic mass is 9.95. The molecule has 2 bridgehead atoms. The Morgan fingerprint density at radius 3 is 2.47 bits per heavy atom. The first kappa shape index (κ1) is 9.08. The molecular formula is C13H18N2. The fraction of sp³-hybridized carbons (Fsp3) is 0.538. The van der Waals surface area contributed by atoms with Crippen LogP contribution in [0, 0.1) is 11.8 Å². The highest BCUT2D eigenvalue weighted by Crippen LogP contribution is 2.45. The molecule has 0 aromatic heterocycles. The lowest BCUT2D eigenvalue weighted by molar-refractivity contribution is 0.440. The molecule has 2 aliphatic carbocycles. The highest BCUT2D eigenvalue weighted by atomic mass is 14.9. The van der Waals surface area contributed by atoms with Crippen molar-refractivity contribution in [2.24, 2.45) is 11.8 Å². The van der Waals surface area contributed by atoms with E-state index >= 15 is 0 Å². The van der Waals surface area contributed by atoms with Crippen molar-refractivity contribution in [1.82, 2.24) is 0 Å². The Morgan fingerprint density at radius 2 is 1.87 bits per heavy atom. The van der Waals surface area contributed by atoms with E-state index in [1.54, 1.807) is 0 Å². The van der Waals surface area contributed by atoms with Gasteiger partial charge in [0.15, 0.2) is 0 Å². The van der Waals surface area contributed by atoms with Gasteiger partial charge in [-0.15, -0.1) is 0 Å². The molecule has 3 rings (SSSR count). The van der Waals surface area contributed by atoms with Gasteiger partial charge in [0.1, 0.15) is 0 Å². The van der Waals surface area contributed by atoms with Crippen molar-refractivity contribution in [3.05, 3.63) is 24.3 Å². The molecule has 15 heavy (non-hydrogen) atoms. The summed E-state index contributed by atoms with van der Waals surface area (Å²) in [6.45, 7) is 0. The maximum Gasteiger partial charge on any atom is 0.0343 e. The summed E-state index contributed by atoms with van der Waals surface area (Å²) in [7, 11) is 0. The third-order valence-electron chi connectivity index (χ3n) is 4.00. The average Bonchev–Trinajstić information content (AvgIpc) is 2.83. The van der Waals surface area contributed by atoms with Crippen LogP contribution in [0.2, 0.25) is 0 Å². The fourth-order valence-corrected chi connectivity index (χ4v) is 3.21. The van der Waals surface area contributed by atoms with E-state index in [1.165, 1.54) is 31.4 Å². The van der Waals surface area contributed by atoms with Crippen LogP contribution in [0.4, 0.5) is 11.4 Å². The number of nitrogens with two attached hydrogens (primary N) is 1. The number of rotatable bonds is 2. The van der Waals surface area contributed by atoms with Crippen LogP contribution >= 0.6 is 0 Å². The minimum Gasteiger partial charge on any atom is -0.399 e. The van der Waals surface area contributed by atoms with Crippen molar-refractivity contribution in [2.75, 3.05) is 11.1 Å². The van der Waals surface area contributed by atoms with Crippen LogP contribution in [0.5, 0.6) is 0 Å². The standard InChI is InChI=1S/C13H18N2/c14-11-3-5-12(6-4-11)15-13-8-9-1-2-10(13)7-9/h3-6,9-10,13,15H,1-2,7-8,14H2. The second-order valence-corrected chi connectivity index (χ2v) is 5.05. The molecule has 2 saturated carbocycles. The van der Waals surface area contributed by atoms with Crippen LogP contribution in [0.1, 0.15) is 25.7 Å². The second kappa shape index (κ2) is 3.44. The van der Waals surface area contributed by atoms with E-state index in [9.17, 15) is 0 Å². The molecule has 2 aliphatic rings. The van der Waals surface area contributed by atoms with Gasteiger partial charge < -0.3 is 11.1 Å². The zero-order valence-electron chi connectivity index (χ0n) is 8.95. The third kappa shape index (κ3) is 1.69. The van der Waals surface area contributed by atoms with Gasteiger partial charge in [-0.1, -0.05) is 6.42 Å². The molecule has 0 amide bonds. The summed E-state index contributed by atoms with van der Waals surface area (Å²) in [5.41, 5.74) is 7.73. The molecule has 1 aromatic rings. The molecule has 3 unspecified atom stereocenters. The predicted molar refractivity (Wildman–Crippen MR) is 63.7 cm³/mol. The van der Waals surface area contributed by atoms with Crippen LogP contribution in [0.3, 0.4) is 0 Å². The first-order valence-corrected chi connectivity index (χ1v) is 5.93. The summed E-state index contributed by atoms with van der Waals surface area (Å²) in [4.78, 5) is 0. The van der Waals surface area contributed by atoms with Gasteiger partial charge in [0.05, 0.1) is 0 Å². The van der Waals surface area contributed by atoms with Gasteiger partial charge >= 0.3 is 0 Å². The lowest BCUT2D eigenvalue weighted by Crippen LogP contribution is -2.25. The Kier molecular flexibility index (Phi) is 2.08. The topological polar surface area (TPSA) is 38.0 Å². The second-order valence-electron chi connectivity index (χ2n) is 5.05. The average molecular weight is 202 g/mol. The Labute approximate surface area is 90.9 Å². The van der Waals surface area contributed by atoms with E-state index in [0.29, 0.717) is 6.04 Å². The van der Waals surface area contributed by atoms with Crippen molar-refractivity contribution in [3.8, 4) is 0 Å². The Balaban J connectivity index is 1.68. The van der Waals surface area contributed by atoms with Gasteiger partial charge in [-0.05, 0) is 55.4 Å². The molecule has 1 aromatic carbocycles. The first-order chi connectivity index (χ1) is 7.31. The molecule has 0 spiro atoms. The van der Waals surface area contributed by atoms with E-state index in [1.807, 2.05) is 12.1 Å². The first-order valence-electron chi connectivity index (χ1n) is 5.93. The van der Waals surface area contributed by atoms with Gasteiger partial charge in [0.25, 0.3) is 0 Å². The van der Waals surface area contributed by atoms with E-state index in [0.717, 1.165) is 17.5 Å². The summed E-state index contributed by atoms with van der Waals surface area (Å²) in [6.07, 6.45) is 5.71. The van der Waals surface area contributed by atoms with Crippen molar-refractivity contribution in [2.45, 2.75) is 31.7 Å². The van der Waals surface area contributed by atoms with Crippen molar-refractivity contribution in [3.63, 3.8) is 0 Å². The van der Waals surface area contributed by atoms with Gasteiger partial charge in [0, 0.05) is 17.4 Å². The Morgan fingerprint density at radius 1 is 1.07 bits per heavy atom. The number of hydrogen-bond donors (Lipinski definition) is 2. The smallest absolute Gasteiger partial charge is 0.0343 e. The fourth-order valence-electron chi connectivity index (χ4n) is 3.21. The van der Waals surface area contributed by atoms with Crippen molar-refractivity contribution < 1.29 is 0 Å². The molecule has 0 radical (unpaired) electrons. The monoisotopic (exact) mass is 202 g/mol. The van der Waals surface area contributed by atoms with E-state index < -0.39 is 0 Å². The maximum absolute atomic E-state index is 5.67. The number of benzene rings is 1. The van der Waals surface area contributed by atoms with Crippen LogP contribution in [0.25, 0.3) is 0 Å². The largest absolute Gasteiger partial charge is 0.399 e. The molecule has 2 fully saturated rings. The quantitative estimate of drug-likeness (QED) is 0.724. The third-order valence-corrected chi connectivity index (χ3v) is 4.00. The van der Waals surface area contributed by atoms with Gasteiger partial charge in [-0.3, -0.25) is 0 Å². The molecule has 2 nitrogen and oxygen atoms in total. The van der Waals surface area contributed by atoms with Crippen molar-refractivity contribution >= 4 is 11.4 Å². The molecular weight excluding hydrogens is 184 g/mol. The summed E-state index contributed by atoms with van der Waals surface area (Å²) >= 11 is 0. The molecule has 2 heteroatoms. The normalized spacial score (nSPS) is 33.2. The number of fused-ring (bicyclic) bond motifs is 2. The molecule has 0 saturated heterocycles. The predicted octanol–water partition coefficient (Wildman–Crippen LogP) is 2.87. The van der Waals surface area contributed by atoms with Crippen LogP contribution in [0.15, 0.2) is 24.3 Å². The summed E-state index contributed by atoms with van der Waals surface area (Å²) in [6, 6.07) is 8.82. The highest BCUT2D eigenvalue weighted by Gasteiger charge is 2.39. The SMILES string of the molecule is Nc1ccc(NC2CC3CCC2C3)cc1. The molecule has 80 valence electrons. The molecule has 3 N–H and O–H groups in total. The zero-order chi connectivity index (χ0) is 10.3. The summed E-state index contributed by atoms with van der Waals surface area (Å²) in [5, 5.41) is 3.64. The van der Waals surface area contributed by atoms with Crippen molar-refractivity contribution in [1.29, 1.82) is 0 Å². The molecule has 3 atom stereocenters. The zero-order valence-corrected chi connectivity index (χ0v) is 8.95. The Hall–Kier alpha value is -1.18. The summed E-state index contributed by atoms with van der Waals surface area (Å²) < 4.78 is 0. The lowest BCUT2D eigenvalue weighted by Gasteiger charge is -2.24. The van der Waals surface area contributed by atoms with E-state index in [2.05, 4.69) is 17.4 Å². The van der Waals surface area contributed by atoms with Crippen LogP contribution < -0.4 is 11.1 Å². The van der Waals surface area contributed by atoms with E-state index in [-0.39, 0.29) is 0 Å². The Bertz CT molecular complexity index is 344. The number of hydrogen-bond acceptors (Lipinski definition) is 2. The maximum atomic E-state index is 5.67. The van der Waals surface area contributed by atoms with Gasteiger partial charge in [-0.25, -0.2) is 0 Å². The minimum atomic E-state index is 0.715. The molecule has 0 heterocycles. The minimum absolute atomic E-state index is 0.715. The van der Waals surface area contributed by atoms with Crippen LogP contribution in [-0.2, 0) is 0 Å². The molecule has 0 aliphatic heterocycles. The van der Waals surface area contributed by atoms with Gasteiger partial charge in [0.2, 0.25) is 0 Å².